The highest BCUT2D eigenvalue weighted by molar-refractivity contribution is 5.84. The van der Waals surface area contributed by atoms with E-state index < -0.39 is 11.9 Å². The summed E-state index contributed by atoms with van der Waals surface area (Å²) in [5.41, 5.74) is 0.428. The predicted octanol–water partition coefficient (Wildman–Crippen LogP) is 1.17. The maximum Gasteiger partial charge on any atom is 0.372 e. The van der Waals surface area contributed by atoms with Crippen molar-refractivity contribution >= 4 is 11.5 Å². The first-order valence-electron chi connectivity index (χ1n) is 3.55. The van der Waals surface area contributed by atoms with Crippen LogP contribution in [0.1, 0.15) is 10.6 Å². The molecular formula is C8H5FN2O2. The number of imidazole rings is 1. The van der Waals surface area contributed by atoms with Crippen LogP contribution in [-0.2, 0) is 0 Å². The first-order valence-corrected chi connectivity index (χ1v) is 3.55. The summed E-state index contributed by atoms with van der Waals surface area (Å²) in [6.07, 6.45) is 1.31. The summed E-state index contributed by atoms with van der Waals surface area (Å²) in [6.45, 7) is 0. The first kappa shape index (κ1) is 7.72. The zero-order valence-electron chi connectivity index (χ0n) is 6.44. The number of aromatic nitrogens is 2. The summed E-state index contributed by atoms with van der Waals surface area (Å²) in [4.78, 5) is 14.2. The number of hydrogen-bond acceptors (Lipinski definition) is 2. The molecule has 5 heteroatoms. The molecule has 66 valence electrons. The molecule has 1 N–H and O–H groups in total. The van der Waals surface area contributed by atoms with Crippen LogP contribution in [0.25, 0.3) is 5.52 Å². The maximum absolute atomic E-state index is 13.1. The first-order chi connectivity index (χ1) is 6.20. The van der Waals surface area contributed by atoms with E-state index in [9.17, 15) is 9.18 Å². The molecule has 2 aromatic heterocycles. The molecule has 0 aliphatic rings. The minimum Gasteiger partial charge on any atom is -0.475 e. The Kier molecular flexibility index (Phi) is 1.51. The van der Waals surface area contributed by atoms with Gasteiger partial charge in [-0.3, -0.25) is 4.40 Å². The lowest BCUT2D eigenvalue weighted by Crippen LogP contribution is -2.05. The number of fused-ring (bicyclic) bond motifs is 1. The molecule has 0 bridgehead atoms. The van der Waals surface area contributed by atoms with Gasteiger partial charge in [0, 0.05) is 0 Å². The highest BCUT2D eigenvalue weighted by Crippen LogP contribution is 2.09. The highest BCUT2D eigenvalue weighted by atomic mass is 19.1. The molecule has 0 aliphatic heterocycles. The van der Waals surface area contributed by atoms with Gasteiger partial charge in [0.1, 0.15) is 0 Å². The number of pyridine rings is 1. The monoisotopic (exact) mass is 180 g/mol. The minimum absolute atomic E-state index is 0.312. The molecule has 2 aromatic rings. The topological polar surface area (TPSA) is 54.6 Å². The number of carboxylic acid groups (broad SMARTS) is 1. The quantitative estimate of drug-likeness (QED) is 0.670. The second-order valence-corrected chi connectivity index (χ2v) is 2.50. The second-order valence-electron chi connectivity index (χ2n) is 2.50. The van der Waals surface area contributed by atoms with Gasteiger partial charge in [-0.1, -0.05) is 6.07 Å². The molecule has 0 atom stereocenters. The Balaban J connectivity index is 2.86. The molecule has 0 spiro atoms. The third-order valence-corrected chi connectivity index (χ3v) is 1.69. The summed E-state index contributed by atoms with van der Waals surface area (Å²) in [5.74, 6) is -2.19. The van der Waals surface area contributed by atoms with Crippen LogP contribution < -0.4 is 0 Å². The summed E-state index contributed by atoms with van der Waals surface area (Å²) in [6, 6.07) is 4.27. The van der Waals surface area contributed by atoms with Crippen LogP contribution in [0.3, 0.4) is 0 Å². The van der Waals surface area contributed by atoms with Crippen LogP contribution in [0.5, 0.6) is 0 Å². The lowest BCUT2D eigenvalue weighted by Gasteiger charge is -1.97. The van der Waals surface area contributed by atoms with Crippen molar-refractivity contribution in [1.29, 1.82) is 0 Å². The molecular weight excluding hydrogens is 175 g/mol. The minimum atomic E-state index is -1.25. The van der Waals surface area contributed by atoms with Crippen molar-refractivity contribution in [3.63, 3.8) is 0 Å². The summed E-state index contributed by atoms with van der Waals surface area (Å²) >= 11 is 0. The predicted molar refractivity (Wildman–Crippen MR) is 42.1 cm³/mol. The van der Waals surface area contributed by atoms with Crippen LogP contribution >= 0.6 is 0 Å². The molecule has 0 aromatic carbocycles. The van der Waals surface area contributed by atoms with E-state index in [0.717, 1.165) is 4.40 Å². The third-order valence-electron chi connectivity index (χ3n) is 1.69. The van der Waals surface area contributed by atoms with Gasteiger partial charge in [0.2, 0.25) is 5.82 Å². The second kappa shape index (κ2) is 2.55. The van der Waals surface area contributed by atoms with Crippen molar-refractivity contribution < 1.29 is 14.3 Å². The average molecular weight is 180 g/mol. The van der Waals surface area contributed by atoms with Gasteiger partial charge in [-0.2, -0.15) is 4.39 Å². The Morgan fingerprint density at radius 1 is 1.54 bits per heavy atom. The van der Waals surface area contributed by atoms with E-state index in [0.29, 0.717) is 5.52 Å². The van der Waals surface area contributed by atoms with Crippen LogP contribution in [0.2, 0.25) is 0 Å². The molecule has 0 fully saturated rings. The number of aromatic carboxylic acids is 1. The fraction of sp³-hybridized carbons (Fsp3) is 0. The van der Waals surface area contributed by atoms with Crippen LogP contribution in [0.4, 0.5) is 4.39 Å². The molecule has 0 amide bonds. The van der Waals surface area contributed by atoms with Crippen molar-refractivity contribution in [1.82, 2.24) is 9.38 Å². The number of rotatable bonds is 1. The maximum atomic E-state index is 13.1. The van der Waals surface area contributed by atoms with E-state index in [2.05, 4.69) is 4.98 Å². The van der Waals surface area contributed by atoms with Gasteiger partial charge in [-0.15, -0.1) is 0 Å². The molecule has 13 heavy (non-hydrogen) atoms. The molecule has 0 unspecified atom stereocenters. The highest BCUT2D eigenvalue weighted by Gasteiger charge is 2.12. The molecule has 0 saturated carbocycles. The third kappa shape index (κ3) is 1.05. The normalized spacial score (nSPS) is 10.5. The molecule has 0 radical (unpaired) electrons. The molecule has 2 heterocycles. The van der Waals surface area contributed by atoms with E-state index in [1.807, 2.05) is 0 Å². The van der Waals surface area contributed by atoms with Gasteiger partial charge in [-0.05, 0) is 12.1 Å². The molecule has 0 saturated heterocycles. The summed E-state index contributed by atoms with van der Waals surface area (Å²) in [7, 11) is 0. The zero-order valence-corrected chi connectivity index (χ0v) is 6.44. The van der Waals surface area contributed by atoms with Gasteiger partial charge in [-0.25, -0.2) is 9.78 Å². The molecule has 2 rings (SSSR count). The Morgan fingerprint density at radius 2 is 2.31 bits per heavy atom. The number of carbonyl (C=O) groups is 1. The van der Waals surface area contributed by atoms with E-state index in [1.165, 1.54) is 18.3 Å². The van der Waals surface area contributed by atoms with E-state index in [-0.39, 0.29) is 5.82 Å². The molecule has 4 nitrogen and oxygen atoms in total. The van der Waals surface area contributed by atoms with Crippen LogP contribution in [-0.4, -0.2) is 20.5 Å². The van der Waals surface area contributed by atoms with Crippen molar-refractivity contribution in [2.75, 3.05) is 0 Å². The lowest BCUT2D eigenvalue weighted by molar-refractivity contribution is 0.0681. The zero-order chi connectivity index (χ0) is 9.42. The van der Waals surface area contributed by atoms with Gasteiger partial charge in [0.05, 0.1) is 11.7 Å². The standard InChI is InChI=1S/C8H5FN2O2/c9-6-3-1-2-5-4-10-7(8(12)13)11(5)6/h1-4H,(H,12,13). The fourth-order valence-electron chi connectivity index (χ4n) is 1.16. The van der Waals surface area contributed by atoms with Crippen molar-refractivity contribution in [3.05, 3.63) is 36.2 Å². The largest absolute Gasteiger partial charge is 0.475 e. The number of hydrogen-bond donors (Lipinski definition) is 1. The fourth-order valence-corrected chi connectivity index (χ4v) is 1.16. The van der Waals surface area contributed by atoms with Crippen LogP contribution in [0.15, 0.2) is 24.4 Å². The van der Waals surface area contributed by atoms with E-state index >= 15 is 0 Å². The Morgan fingerprint density at radius 3 is 3.00 bits per heavy atom. The average Bonchev–Trinajstić information content (AvgIpc) is 2.49. The number of nitrogens with zero attached hydrogens (tertiary/aromatic N) is 2. The number of carboxylic acids is 1. The lowest BCUT2D eigenvalue weighted by atomic mass is 10.4. The Bertz CT molecular complexity index is 478. The van der Waals surface area contributed by atoms with Crippen molar-refractivity contribution in [3.8, 4) is 0 Å². The van der Waals surface area contributed by atoms with E-state index in [4.69, 9.17) is 5.11 Å². The number of halogens is 1. The van der Waals surface area contributed by atoms with Gasteiger partial charge < -0.3 is 5.11 Å². The smallest absolute Gasteiger partial charge is 0.372 e. The molecule has 0 aliphatic carbocycles. The van der Waals surface area contributed by atoms with Gasteiger partial charge in [0.25, 0.3) is 0 Å². The van der Waals surface area contributed by atoms with E-state index in [1.54, 1.807) is 6.07 Å². The summed E-state index contributed by atoms with van der Waals surface area (Å²) < 4.78 is 14.0. The van der Waals surface area contributed by atoms with Crippen LogP contribution in [0, 0.1) is 5.95 Å². The van der Waals surface area contributed by atoms with Gasteiger partial charge >= 0.3 is 5.97 Å². The Labute approximate surface area is 72.3 Å². The van der Waals surface area contributed by atoms with Crippen molar-refractivity contribution in [2.24, 2.45) is 0 Å². The summed E-state index contributed by atoms with van der Waals surface area (Å²) in [5, 5.41) is 8.65. The van der Waals surface area contributed by atoms with Crippen molar-refractivity contribution in [2.45, 2.75) is 0 Å². The van der Waals surface area contributed by atoms with Gasteiger partial charge in [0.15, 0.2) is 5.95 Å². The Hall–Kier alpha value is -1.91. The SMILES string of the molecule is O=C(O)c1ncc2cccc(F)n12.